The molecule has 8 heteroatoms. The maximum atomic E-state index is 12.5. The zero-order valence-corrected chi connectivity index (χ0v) is 11.8. The predicted octanol–water partition coefficient (Wildman–Crippen LogP) is 3.62. The van der Waals surface area contributed by atoms with Crippen LogP contribution in [0.25, 0.3) is 0 Å². The normalized spacial score (nSPS) is 11.5. The van der Waals surface area contributed by atoms with E-state index in [1.165, 1.54) is 10.7 Å². The molecule has 0 N–H and O–H groups in total. The molecule has 0 aliphatic rings. The molecule has 4 nitrogen and oxygen atoms in total. The average Bonchev–Trinajstić information content (AvgIpc) is 2.66. The summed E-state index contributed by atoms with van der Waals surface area (Å²) in [6.45, 7) is 1.71. The molecule has 2 rings (SSSR count). The molecule has 0 bridgehead atoms. The Morgan fingerprint density at radius 2 is 2.00 bits per heavy atom. The second kappa shape index (κ2) is 5.40. The number of alkyl halides is 3. The van der Waals surface area contributed by atoms with Gasteiger partial charge in [0.1, 0.15) is 0 Å². The SMILES string of the molecule is Cc1cc(OC(=O)c2ccc(C(F)(F)F)cc2Cl)n(C)n1. The van der Waals surface area contributed by atoms with Crippen LogP contribution in [-0.2, 0) is 13.2 Å². The monoisotopic (exact) mass is 318 g/mol. The Morgan fingerprint density at radius 1 is 1.33 bits per heavy atom. The number of esters is 1. The number of aromatic nitrogens is 2. The lowest BCUT2D eigenvalue weighted by molar-refractivity contribution is -0.137. The molecule has 2 aromatic rings. The number of ether oxygens (including phenoxy) is 1. The number of hydrogen-bond acceptors (Lipinski definition) is 3. The largest absolute Gasteiger partial charge is 0.416 e. The summed E-state index contributed by atoms with van der Waals surface area (Å²) in [5.74, 6) is -0.676. The number of carbonyl (C=O) groups is 1. The van der Waals surface area contributed by atoms with Crippen molar-refractivity contribution < 1.29 is 22.7 Å². The van der Waals surface area contributed by atoms with Gasteiger partial charge in [-0.2, -0.15) is 18.3 Å². The number of nitrogens with zero attached hydrogens (tertiary/aromatic N) is 2. The van der Waals surface area contributed by atoms with Crippen molar-refractivity contribution in [1.82, 2.24) is 9.78 Å². The maximum Gasteiger partial charge on any atom is 0.416 e. The smallest absolute Gasteiger partial charge is 0.404 e. The van der Waals surface area contributed by atoms with Gasteiger partial charge in [-0.1, -0.05) is 11.6 Å². The third-order valence-electron chi connectivity index (χ3n) is 2.67. The van der Waals surface area contributed by atoms with Gasteiger partial charge in [0.05, 0.1) is 21.8 Å². The number of carbonyl (C=O) groups excluding carboxylic acids is 1. The van der Waals surface area contributed by atoms with Gasteiger partial charge in [-0.25, -0.2) is 9.48 Å². The topological polar surface area (TPSA) is 44.1 Å². The van der Waals surface area contributed by atoms with Crippen LogP contribution in [0.1, 0.15) is 21.6 Å². The summed E-state index contributed by atoms with van der Waals surface area (Å²) in [7, 11) is 1.57. The van der Waals surface area contributed by atoms with Gasteiger partial charge in [-0.05, 0) is 25.1 Å². The molecule has 21 heavy (non-hydrogen) atoms. The Hall–Kier alpha value is -2.02. The molecule has 0 aliphatic carbocycles. The molecule has 1 aromatic carbocycles. The molecule has 1 heterocycles. The number of halogens is 4. The van der Waals surface area contributed by atoms with E-state index in [1.807, 2.05) is 0 Å². The third kappa shape index (κ3) is 3.36. The average molecular weight is 319 g/mol. The minimum atomic E-state index is -4.52. The minimum Gasteiger partial charge on any atom is -0.404 e. The molecule has 0 spiro atoms. The van der Waals surface area contributed by atoms with E-state index in [9.17, 15) is 18.0 Å². The Balaban J connectivity index is 2.26. The summed E-state index contributed by atoms with van der Waals surface area (Å²) in [6.07, 6.45) is -4.52. The summed E-state index contributed by atoms with van der Waals surface area (Å²) in [5, 5.41) is 3.66. The molecule has 0 radical (unpaired) electrons. The van der Waals surface area contributed by atoms with E-state index >= 15 is 0 Å². The van der Waals surface area contributed by atoms with Crippen LogP contribution in [0.4, 0.5) is 13.2 Å². The van der Waals surface area contributed by atoms with Crippen LogP contribution in [0.5, 0.6) is 5.88 Å². The van der Waals surface area contributed by atoms with Crippen LogP contribution in [0, 0.1) is 6.92 Å². The fraction of sp³-hybridized carbons (Fsp3) is 0.231. The van der Waals surface area contributed by atoms with Crippen LogP contribution in [0.2, 0.25) is 5.02 Å². The second-order valence-electron chi connectivity index (χ2n) is 4.33. The fourth-order valence-electron chi connectivity index (χ4n) is 1.69. The zero-order chi connectivity index (χ0) is 15.8. The van der Waals surface area contributed by atoms with Crippen LogP contribution in [-0.4, -0.2) is 15.7 Å². The highest BCUT2D eigenvalue weighted by atomic mass is 35.5. The van der Waals surface area contributed by atoms with Crippen molar-refractivity contribution in [3.63, 3.8) is 0 Å². The molecule has 112 valence electrons. The fourth-order valence-corrected chi connectivity index (χ4v) is 1.95. The van der Waals surface area contributed by atoms with Gasteiger partial charge in [0, 0.05) is 13.1 Å². The van der Waals surface area contributed by atoms with E-state index in [1.54, 1.807) is 14.0 Å². The molecule has 1 aromatic heterocycles. The summed E-state index contributed by atoms with van der Waals surface area (Å²) >= 11 is 5.72. The van der Waals surface area contributed by atoms with E-state index in [4.69, 9.17) is 16.3 Å². The van der Waals surface area contributed by atoms with E-state index < -0.39 is 17.7 Å². The van der Waals surface area contributed by atoms with Crippen molar-refractivity contribution >= 4 is 17.6 Å². The van der Waals surface area contributed by atoms with Gasteiger partial charge < -0.3 is 4.74 Å². The van der Waals surface area contributed by atoms with Gasteiger partial charge in [0.25, 0.3) is 0 Å². The van der Waals surface area contributed by atoms with Gasteiger partial charge in [-0.15, -0.1) is 0 Å². The molecular weight excluding hydrogens is 309 g/mol. The standard InChI is InChI=1S/C13H10ClF3N2O2/c1-7-5-11(19(2)18-7)21-12(20)9-4-3-8(6-10(9)14)13(15,16)17/h3-6H,1-2H3. The summed E-state index contributed by atoms with van der Waals surface area (Å²) in [4.78, 5) is 11.9. The lowest BCUT2D eigenvalue weighted by Gasteiger charge is -2.09. The molecule has 0 amide bonds. The van der Waals surface area contributed by atoms with Crippen LogP contribution in [0.3, 0.4) is 0 Å². The van der Waals surface area contributed by atoms with E-state index in [-0.39, 0.29) is 16.5 Å². The first-order chi connectivity index (χ1) is 9.68. The highest BCUT2D eigenvalue weighted by molar-refractivity contribution is 6.33. The number of aryl methyl sites for hydroxylation is 2. The number of benzene rings is 1. The van der Waals surface area contributed by atoms with Crippen molar-refractivity contribution in [1.29, 1.82) is 0 Å². The molecule has 0 fully saturated rings. The molecular formula is C13H10ClF3N2O2. The van der Waals surface area contributed by atoms with Crippen LogP contribution < -0.4 is 4.74 Å². The third-order valence-corrected chi connectivity index (χ3v) is 2.99. The maximum absolute atomic E-state index is 12.5. The molecule has 0 aliphatic heterocycles. The summed E-state index contributed by atoms with van der Waals surface area (Å²) in [5.41, 5.74) is -0.442. The molecule has 0 atom stereocenters. The van der Waals surface area contributed by atoms with Crippen molar-refractivity contribution in [2.75, 3.05) is 0 Å². The minimum absolute atomic E-state index is 0.150. The van der Waals surface area contributed by atoms with Crippen molar-refractivity contribution in [2.45, 2.75) is 13.1 Å². The zero-order valence-electron chi connectivity index (χ0n) is 11.0. The summed E-state index contributed by atoms with van der Waals surface area (Å²) < 4.78 is 43.9. The molecule has 0 saturated heterocycles. The summed E-state index contributed by atoms with van der Waals surface area (Å²) in [6, 6.07) is 3.97. The first-order valence-corrected chi connectivity index (χ1v) is 6.16. The second-order valence-corrected chi connectivity index (χ2v) is 4.74. The van der Waals surface area contributed by atoms with Crippen LogP contribution in [0.15, 0.2) is 24.3 Å². The first kappa shape index (κ1) is 15.4. The Morgan fingerprint density at radius 3 is 2.48 bits per heavy atom. The molecule has 0 unspecified atom stereocenters. The van der Waals surface area contributed by atoms with E-state index in [2.05, 4.69) is 5.10 Å². The van der Waals surface area contributed by atoms with E-state index in [0.29, 0.717) is 11.8 Å². The predicted molar refractivity (Wildman–Crippen MR) is 69.4 cm³/mol. The number of rotatable bonds is 2. The first-order valence-electron chi connectivity index (χ1n) is 5.78. The van der Waals surface area contributed by atoms with Gasteiger partial charge in [0.15, 0.2) is 0 Å². The Bertz CT molecular complexity index is 695. The van der Waals surface area contributed by atoms with Crippen molar-refractivity contribution in [3.05, 3.63) is 46.1 Å². The lowest BCUT2D eigenvalue weighted by atomic mass is 10.1. The van der Waals surface area contributed by atoms with E-state index in [0.717, 1.165) is 12.1 Å². The molecule has 0 saturated carbocycles. The van der Waals surface area contributed by atoms with Gasteiger partial charge in [-0.3, -0.25) is 0 Å². The van der Waals surface area contributed by atoms with Gasteiger partial charge in [0.2, 0.25) is 5.88 Å². The van der Waals surface area contributed by atoms with Gasteiger partial charge >= 0.3 is 12.1 Å². The highest BCUT2D eigenvalue weighted by Gasteiger charge is 2.31. The Kier molecular flexibility index (Phi) is 3.95. The quantitative estimate of drug-likeness (QED) is 0.794. The highest BCUT2D eigenvalue weighted by Crippen LogP contribution is 2.32. The number of hydrogen-bond donors (Lipinski definition) is 0. The lowest BCUT2D eigenvalue weighted by Crippen LogP contribution is -2.13. The van der Waals surface area contributed by atoms with Crippen molar-refractivity contribution in [3.8, 4) is 5.88 Å². The Labute approximate surface area is 123 Å². The van der Waals surface area contributed by atoms with Crippen molar-refractivity contribution in [2.24, 2.45) is 7.05 Å². The van der Waals surface area contributed by atoms with Crippen LogP contribution >= 0.6 is 11.6 Å².